The molecule has 1 N–H and O–H groups in total. The molecule has 1 atom stereocenters. The van der Waals surface area contributed by atoms with Gasteiger partial charge in [-0.25, -0.2) is 0 Å². The van der Waals surface area contributed by atoms with Crippen LogP contribution in [0, 0.1) is 13.8 Å². The number of pyridine rings is 1. The zero-order valence-electron chi connectivity index (χ0n) is 11.3. The molecule has 0 saturated carbocycles. The molecule has 1 heterocycles. The van der Waals surface area contributed by atoms with Crippen molar-refractivity contribution in [2.24, 2.45) is 0 Å². The van der Waals surface area contributed by atoms with Crippen molar-refractivity contribution in [3.63, 3.8) is 0 Å². The number of aromatic nitrogens is 1. The number of aryl methyl sites for hydroxylation is 2. The molecular weight excluding hydrogens is 220 g/mol. The predicted octanol–water partition coefficient (Wildman–Crippen LogP) is 3.55. The van der Waals surface area contributed by atoms with Gasteiger partial charge in [-0.15, -0.1) is 0 Å². The second-order valence-corrected chi connectivity index (χ2v) is 4.78. The average Bonchev–Trinajstić information content (AvgIpc) is 2.37. The Kier molecular flexibility index (Phi) is 4.11. The van der Waals surface area contributed by atoms with Crippen molar-refractivity contribution in [2.45, 2.75) is 33.4 Å². The van der Waals surface area contributed by atoms with E-state index < -0.39 is 0 Å². The summed E-state index contributed by atoms with van der Waals surface area (Å²) in [6.45, 7) is 7.11. The number of hydrogen-bond donors (Lipinski definition) is 1. The minimum absolute atomic E-state index is 0.341. The van der Waals surface area contributed by atoms with E-state index in [9.17, 15) is 0 Å². The summed E-state index contributed by atoms with van der Waals surface area (Å²) < 4.78 is 0. The van der Waals surface area contributed by atoms with Crippen LogP contribution in [0.4, 0.5) is 0 Å². The fourth-order valence-electron chi connectivity index (χ4n) is 1.93. The fraction of sp³-hybridized carbons (Fsp3) is 0.312. The molecule has 2 nitrogen and oxygen atoms in total. The molecule has 2 heteroatoms. The van der Waals surface area contributed by atoms with Gasteiger partial charge in [-0.3, -0.25) is 4.98 Å². The van der Waals surface area contributed by atoms with Crippen molar-refractivity contribution in [2.75, 3.05) is 0 Å². The third-order valence-corrected chi connectivity index (χ3v) is 3.11. The van der Waals surface area contributed by atoms with E-state index in [2.05, 4.69) is 60.5 Å². The zero-order valence-corrected chi connectivity index (χ0v) is 11.3. The smallest absolute Gasteiger partial charge is 0.0545 e. The first kappa shape index (κ1) is 12.8. The molecule has 1 aromatic heterocycles. The normalized spacial score (nSPS) is 12.4. The zero-order chi connectivity index (χ0) is 13.0. The van der Waals surface area contributed by atoms with Gasteiger partial charge in [0.2, 0.25) is 0 Å². The third kappa shape index (κ3) is 3.41. The van der Waals surface area contributed by atoms with E-state index in [4.69, 9.17) is 0 Å². The van der Waals surface area contributed by atoms with Gasteiger partial charge >= 0.3 is 0 Å². The lowest BCUT2D eigenvalue weighted by Gasteiger charge is -2.14. The van der Waals surface area contributed by atoms with Crippen LogP contribution in [0.2, 0.25) is 0 Å². The van der Waals surface area contributed by atoms with Crippen molar-refractivity contribution >= 4 is 0 Å². The Morgan fingerprint density at radius 2 is 1.78 bits per heavy atom. The monoisotopic (exact) mass is 240 g/mol. The SMILES string of the molecule is Cc1ccc(C(C)NCc2cccc(C)n2)cc1. The van der Waals surface area contributed by atoms with Gasteiger partial charge in [0.05, 0.1) is 5.69 Å². The maximum absolute atomic E-state index is 4.49. The molecule has 0 bridgehead atoms. The summed E-state index contributed by atoms with van der Waals surface area (Å²) >= 11 is 0. The summed E-state index contributed by atoms with van der Waals surface area (Å²) in [5, 5.41) is 3.50. The Morgan fingerprint density at radius 1 is 1.06 bits per heavy atom. The van der Waals surface area contributed by atoms with Crippen molar-refractivity contribution in [3.05, 3.63) is 65.0 Å². The lowest BCUT2D eigenvalue weighted by atomic mass is 10.1. The van der Waals surface area contributed by atoms with Gasteiger partial charge < -0.3 is 5.32 Å². The molecule has 1 unspecified atom stereocenters. The van der Waals surface area contributed by atoms with Crippen LogP contribution in [0.1, 0.15) is 35.5 Å². The second kappa shape index (κ2) is 5.78. The van der Waals surface area contributed by atoms with Crippen molar-refractivity contribution in [1.29, 1.82) is 0 Å². The molecule has 0 radical (unpaired) electrons. The maximum atomic E-state index is 4.49. The van der Waals surface area contributed by atoms with Crippen LogP contribution in [0.3, 0.4) is 0 Å². The van der Waals surface area contributed by atoms with Crippen LogP contribution in [0.5, 0.6) is 0 Å². The molecule has 1 aromatic carbocycles. The highest BCUT2D eigenvalue weighted by molar-refractivity contribution is 5.23. The summed E-state index contributed by atoms with van der Waals surface area (Å²) in [5.74, 6) is 0. The van der Waals surface area contributed by atoms with E-state index in [1.54, 1.807) is 0 Å². The van der Waals surface area contributed by atoms with E-state index >= 15 is 0 Å². The van der Waals surface area contributed by atoms with Crippen LogP contribution in [0.15, 0.2) is 42.5 Å². The first-order chi connectivity index (χ1) is 8.65. The Labute approximate surface area is 109 Å². The van der Waals surface area contributed by atoms with Gasteiger partial charge in [0.15, 0.2) is 0 Å². The summed E-state index contributed by atoms with van der Waals surface area (Å²) in [6.07, 6.45) is 0. The van der Waals surface area contributed by atoms with Crippen LogP contribution < -0.4 is 5.32 Å². The lowest BCUT2D eigenvalue weighted by molar-refractivity contribution is 0.567. The van der Waals surface area contributed by atoms with Crippen LogP contribution in [-0.4, -0.2) is 4.98 Å². The van der Waals surface area contributed by atoms with E-state index in [1.807, 2.05) is 13.0 Å². The summed E-state index contributed by atoms with van der Waals surface area (Å²) in [5.41, 5.74) is 4.77. The van der Waals surface area contributed by atoms with E-state index in [-0.39, 0.29) is 0 Å². The summed E-state index contributed by atoms with van der Waals surface area (Å²) in [6, 6.07) is 15.1. The van der Waals surface area contributed by atoms with Gasteiger partial charge in [-0.05, 0) is 38.5 Å². The molecule has 0 aliphatic heterocycles. The standard InChI is InChI=1S/C16H20N2/c1-12-7-9-15(10-8-12)14(3)17-11-16-6-4-5-13(2)18-16/h4-10,14,17H,11H2,1-3H3. The first-order valence-electron chi connectivity index (χ1n) is 6.37. The van der Waals surface area contributed by atoms with Gasteiger partial charge in [0.1, 0.15) is 0 Å². The minimum Gasteiger partial charge on any atom is -0.305 e. The molecule has 0 aliphatic carbocycles. The van der Waals surface area contributed by atoms with Crippen molar-refractivity contribution in [3.8, 4) is 0 Å². The van der Waals surface area contributed by atoms with Crippen molar-refractivity contribution < 1.29 is 0 Å². The molecule has 0 spiro atoms. The number of nitrogens with zero attached hydrogens (tertiary/aromatic N) is 1. The highest BCUT2D eigenvalue weighted by Gasteiger charge is 2.04. The summed E-state index contributed by atoms with van der Waals surface area (Å²) in [4.78, 5) is 4.49. The van der Waals surface area contributed by atoms with Crippen LogP contribution in [-0.2, 0) is 6.54 Å². The Balaban J connectivity index is 1.96. The minimum atomic E-state index is 0.341. The third-order valence-electron chi connectivity index (χ3n) is 3.11. The molecule has 18 heavy (non-hydrogen) atoms. The molecule has 0 amide bonds. The van der Waals surface area contributed by atoms with Crippen molar-refractivity contribution in [1.82, 2.24) is 10.3 Å². The topological polar surface area (TPSA) is 24.9 Å². The highest BCUT2D eigenvalue weighted by Crippen LogP contribution is 2.13. The molecule has 0 aliphatic rings. The van der Waals surface area contributed by atoms with E-state index in [1.165, 1.54) is 11.1 Å². The quantitative estimate of drug-likeness (QED) is 0.884. The molecule has 2 rings (SSSR count). The Bertz CT molecular complexity index is 503. The van der Waals surface area contributed by atoms with Crippen LogP contribution in [0.25, 0.3) is 0 Å². The molecule has 94 valence electrons. The number of nitrogens with one attached hydrogen (secondary N) is 1. The summed E-state index contributed by atoms with van der Waals surface area (Å²) in [7, 11) is 0. The largest absolute Gasteiger partial charge is 0.305 e. The van der Waals surface area contributed by atoms with Gasteiger partial charge in [0.25, 0.3) is 0 Å². The maximum Gasteiger partial charge on any atom is 0.0545 e. The van der Waals surface area contributed by atoms with Gasteiger partial charge in [0, 0.05) is 18.3 Å². The molecule has 0 saturated heterocycles. The second-order valence-electron chi connectivity index (χ2n) is 4.78. The van der Waals surface area contributed by atoms with E-state index in [0.29, 0.717) is 6.04 Å². The van der Waals surface area contributed by atoms with Gasteiger partial charge in [-0.1, -0.05) is 35.9 Å². The Morgan fingerprint density at radius 3 is 2.44 bits per heavy atom. The molecule has 2 aromatic rings. The number of benzene rings is 1. The van der Waals surface area contributed by atoms with Crippen LogP contribution >= 0.6 is 0 Å². The van der Waals surface area contributed by atoms with E-state index in [0.717, 1.165) is 17.9 Å². The molecule has 0 fully saturated rings. The Hall–Kier alpha value is -1.67. The number of hydrogen-bond acceptors (Lipinski definition) is 2. The highest BCUT2D eigenvalue weighted by atomic mass is 14.9. The lowest BCUT2D eigenvalue weighted by Crippen LogP contribution is -2.18. The predicted molar refractivity (Wildman–Crippen MR) is 75.4 cm³/mol. The molecular formula is C16H20N2. The first-order valence-corrected chi connectivity index (χ1v) is 6.37. The number of rotatable bonds is 4. The fourth-order valence-corrected chi connectivity index (χ4v) is 1.93. The van der Waals surface area contributed by atoms with Gasteiger partial charge in [-0.2, -0.15) is 0 Å². The average molecular weight is 240 g/mol.